The van der Waals surface area contributed by atoms with E-state index in [4.69, 9.17) is 16.3 Å². The predicted molar refractivity (Wildman–Crippen MR) is 73.3 cm³/mol. The highest BCUT2D eigenvalue weighted by Crippen LogP contribution is 2.26. The lowest BCUT2D eigenvalue weighted by molar-refractivity contribution is 0.479. The number of halogens is 1. The predicted octanol–water partition coefficient (Wildman–Crippen LogP) is 3.56. The van der Waals surface area contributed by atoms with Crippen LogP contribution in [0.4, 0.5) is 0 Å². The second-order valence-corrected chi connectivity index (χ2v) is 4.43. The summed E-state index contributed by atoms with van der Waals surface area (Å²) >= 11 is 6.16. The molecule has 0 aliphatic heterocycles. The van der Waals surface area contributed by atoms with Crippen LogP contribution < -0.4 is 10.1 Å². The number of aryl methyl sites for hydroxylation is 1. The van der Waals surface area contributed by atoms with Gasteiger partial charge >= 0.3 is 0 Å². The third-order valence-electron chi connectivity index (χ3n) is 2.51. The topological polar surface area (TPSA) is 34.1 Å². The molecule has 0 saturated heterocycles. The van der Waals surface area contributed by atoms with Gasteiger partial charge in [0.1, 0.15) is 11.5 Å². The summed E-state index contributed by atoms with van der Waals surface area (Å²) < 4.78 is 5.68. The Morgan fingerprint density at radius 1 is 1.22 bits per heavy atom. The van der Waals surface area contributed by atoms with E-state index in [1.165, 1.54) is 0 Å². The first-order valence-corrected chi connectivity index (χ1v) is 6.10. The molecule has 94 valence electrons. The maximum atomic E-state index is 6.16. The lowest BCUT2D eigenvalue weighted by Gasteiger charge is -2.08. The van der Waals surface area contributed by atoms with Crippen molar-refractivity contribution in [1.82, 2.24) is 10.3 Å². The van der Waals surface area contributed by atoms with Gasteiger partial charge in [0.2, 0.25) is 0 Å². The van der Waals surface area contributed by atoms with Crippen molar-refractivity contribution in [2.45, 2.75) is 13.5 Å². The van der Waals surface area contributed by atoms with E-state index >= 15 is 0 Å². The molecule has 0 atom stereocenters. The van der Waals surface area contributed by atoms with E-state index in [-0.39, 0.29) is 0 Å². The summed E-state index contributed by atoms with van der Waals surface area (Å²) in [6.07, 6.45) is 1.70. The Hall–Kier alpha value is -1.58. The zero-order chi connectivity index (χ0) is 13.0. The summed E-state index contributed by atoms with van der Waals surface area (Å²) in [7, 11) is 1.89. The second-order valence-electron chi connectivity index (χ2n) is 4.02. The van der Waals surface area contributed by atoms with Gasteiger partial charge in [0, 0.05) is 17.3 Å². The highest BCUT2D eigenvalue weighted by Gasteiger charge is 2.03. The SMILES string of the molecule is CNCc1ccc(Oc2ccc(C)nc2)cc1Cl. The summed E-state index contributed by atoms with van der Waals surface area (Å²) in [5.74, 6) is 1.42. The molecule has 0 unspecified atom stereocenters. The van der Waals surface area contributed by atoms with Crippen molar-refractivity contribution < 1.29 is 4.74 Å². The number of hydrogen-bond donors (Lipinski definition) is 1. The molecule has 1 heterocycles. The Morgan fingerprint density at radius 3 is 2.61 bits per heavy atom. The molecule has 18 heavy (non-hydrogen) atoms. The highest BCUT2D eigenvalue weighted by atomic mass is 35.5. The number of benzene rings is 1. The first-order valence-electron chi connectivity index (χ1n) is 5.72. The van der Waals surface area contributed by atoms with Crippen molar-refractivity contribution in [3.63, 3.8) is 0 Å². The monoisotopic (exact) mass is 262 g/mol. The molecular formula is C14H15ClN2O. The Labute approximate surface area is 112 Å². The van der Waals surface area contributed by atoms with Crippen molar-refractivity contribution in [3.8, 4) is 11.5 Å². The maximum absolute atomic E-state index is 6.16. The van der Waals surface area contributed by atoms with Gasteiger partial charge in [0.25, 0.3) is 0 Å². The second kappa shape index (κ2) is 5.85. The molecule has 0 amide bonds. The fourth-order valence-electron chi connectivity index (χ4n) is 1.58. The standard InChI is InChI=1S/C14H15ClN2O/c1-10-3-5-13(9-17-10)18-12-6-4-11(8-16-2)14(15)7-12/h3-7,9,16H,8H2,1-2H3. The van der Waals surface area contributed by atoms with Gasteiger partial charge in [-0.25, -0.2) is 0 Å². The molecule has 0 aliphatic rings. The van der Waals surface area contributed by atoms with Crippen LogP contribution in [0.1, 0.15) is 11.3 Å². The van der Waals surface area contributed by atoms with Gasteiger partial charge in [-0.3, -0.25) is 4.98 Å². The summed E-state index contributed by atoms with van der Waals surface area (Å²) in [6, 6.07) is 9.46. The summed E-state index contributed by atoms with van der Waals surface area (Å²) in [5, 5.41) is 3.76. The number of nitrogens with one attached hydrogen (secondary N) is 1. The number of ether oxygens (including phenoxy) is 1. The van der Waals surface area contributed by atoms with Crippen molar-refractivity contribution in [2.24, 2.45) is 0 Å². The highest BCUT2D eigenvalue weighted by molar-refractivity contribution is 6.31. The van der Waals surface area contributed by atoms with E-state index in [9.17, 15) is 0 Å². The maximum Gasteiger partial charge on any atom is 0.145 e. The van der Waals surface area contributed by atoms with Crippen LogP contribution in [0.15, 0.2) is 36.5 Å². The molecule has 0 saturated carbocycles. The van der Waals surface area contributed by atoms with Crippen LogP contribution >= 0.6 is 11.6 Å². The van der Waals surface area contributed by atoms with Gasteiger partial charge in [0.05, 0.1) is 6.20 Å². The molecular weight excluding hydrogens is 248 g/mol. The van der Waals surface area contributed by atoms with Crippen LogP contribution in [0.2, 0.25) is 5.02 Å². The fraction of sp³-hybridized carbons (Fsp3) is 0.214. The van der Waals surface area contributed by atoms with Crippen molar-refractivity contribution in [1.29, 1.82) is 0 Å². The van der Waals surface area contributed by atoms with Gasteiger partial charge in [0.15, 0.2) is 0 Å². The Bertz CT molecular complexity index is 526. The van der Waals surface area contributed by atoms with Crippen LogP contribution in [0.25, 0.3) is 0 Å². The lowest BCUT2D eigenvalue weighted by atomic mass is 10.2. The molecule has 0 bridgehead atoms. The smallest absolute Gasteiger partial charge is 0.145 e. The number of rotatable bonds is 4. The van der Waals surface area contributed by atoms with Gasteiger partial charge < -0.3 is 10.1 Å². The fourth-order valence-corrected chi connectivity index (χ4v) is 1.81. The van der Waals surface area contributed by atoms with E-state index in [1.807, 2.05) is 44.3 Å². The van der Waals surface area contributed by atoms with Gasteiger partial charge in [-0.15, -0.1) is 0 Å². The summed E-state index contributed by atoms with van der Waals surface area (Å²) in [6.45, 7) is 2.68. The van der Waals surface area contributed by atoms with Crippen molar-refractivity contribution >= 4 is 11.6 Å². The third-order valence-corrected chi connectivity index (χ3v) is 2.86. The van der Waals surface area contributed by atoms with Crippen molar-refractivity contribution in [3.05, 3.63) is 52.8 Å². The molecule has 2 aromatic rings. The minimum Gasteiger partial charge on any atom is -0.456 e. The molecule has 2 rings (SSSR count). The first-order chi connectivity index (χ1) is 8.69. The molecule has 1 N–H and O–H groups in total. The molecule has 0 aliphatic carbocycles. The quantitative estimate of drug-likeness (QED) is 0.915. The zero-order valence-corrected chi connectivity index (χ0v) is 11.2. The van der Waals surface area contributed by atoms with Crippen LogP contribution in [-0.2, 0) is 6.54 Å². The number of pyridine rings is 1. The molecule has 1 aromatic carbocycles. The van der Waals surface area contributed by atoms with E-state index in [0.717, 1.165) is 17.8 Å². The average Bonchev–Trinajstić information content (AvgIpc) is 2.36. The summed E-state index contributed by atoms with van der Waals surface area (Å²) in [5.41, 5.74) is 2.01. The van der Waals surface area contributed by atoms with Crippen LogP contribution in [0.5, 0.6) is 11.5 Å². The zero-order valence-electron chi connectivity index (χ0n) is 10.4. The Balaban J connectivity index is 2.14. The largest absolute Gasteiger partial charge is 0.456 e. The normalized spacial score (nSPS) is 10.4. The van der Waals surface area contributed by atoms with Crippen LogP contribution in [0.3, 0.4) is 0 Å². The number of nitrogens with zero attached hydrogens (tertiary/aromatic N) is 1. The lowest BCUT2D eigenvalue weighted by Crippen LogP contribution is -2.05. The molecule has 3 nitrogen and oxygen atoms in total. The molecule has 1 aromatic heterocycles. The Kier molecular flexibility index (Phi) is 4.18. The van der Waals surface area contributed by atoms with Gasteiger partial charge in [-0.05, 0) is 43.8 Å². The number of aromatic nitrogens is 1. The van der Waals surface area contributed by atoms with Crippen molar-refractivity contribution in [2.75, 3.05) is 7.05 Å². The number of hydrogen-bond acceptors (Lipinski definition) is 3. The minimum atomic E-state index is 0.696. The van der Waals surface area contributed by atoms with Crippen LogP contribution in [0, 0.1) is 6.92 Å². The molecule has 0 fully saturated rings. The molecule has 0 radical (unpaired) electrons. The van der Waals surface area contributed by atoms with E-state index in [1.54, 1.807) is 6.20 Å². The molecule has 0 spiro atoms. The minimum absolute atomic E-state index is 0.696. The molecule has 4 heteroatoms. The van der Waals surface area contributed by atoms with Gasteiger partial charge in [-0.2, -0.15) is 0 Å². The Morgan fingerprint density at radius 2 is 2.00 bits per heavy atom. The first kappa shape index (κ1) is 12.9. The third kappa shape index (κ3) is 3.22. The summed E-state index contributed by atoms with van der Waals surface area (Å²) in [4.78, 5) is 4.18. The van der Waals surface area contributed by atoms with Crippen LogP contribution in [-0.4, -0.2) is 12.0 Å². The van der Waals surface area contributed by atoms with E-state index in [0.29, 0.717) is 16.5 Å². The van der Waals surface area contributed by atoms with Gasteiger partial charge in [-0.1, -0.05) is 17.7 Å². The average molecular weight is 263 g/mol. The van der Waals surface area contributed by atoms with E-state index in [2.05, 4.69) is 10.3 Å². The van der Waals surface area contributed by atoms with E-state index < -0.39 is 0 Å².